The fraction of sp³-hybridized carbons (Fsp3) is 0.167. The van der Waals surface area contributed by atoms with Crippen LogP contribution in [-0.4, -0.2) is 23.1 Å². The van der Waals surface area contributed by atoms with Crippen LogP contribution in [0.3, 0.4) is 0 Å². The summed E-state index contributed by atoms with van der Waals surface area (Å²) in [4.78, 5) is 25.1. The third kappa shape index (κ3) is 5.88. The number of carboxylic acid groups (broad SMARTS) is 1. The van der Waals surface area contributed by atoms with E-state index in [9.17, 15) is 14.7 Å². The van der Waals surface area contributed by atoms with Gasteiger partial charge in [0.15, 0.2) is 0 Å². The Morgan fingerprint density at radius 1 is 0.853 bits per heavy atom. The molecule has 1 atom stereocenters. The van der Waals surface area contributed by atoms with E-state index in [1.165, 1.54) is 12.1 Å². The van der Waals surface area contributed by atoms with E-state index in [0.29, 0.717) is 22.8 Å². The Balaban J connectivity index is 2.16. The zero-order valence-corrected chi connectivity index (χ0v) is 21.1. The van der Waals surface area contributed by atoms with Crippen LogP contribution < -0.4 is 10.6 Å². The first-order chi connectivity index (χ1) is 16.1. The molecular weight excluding hydrogens is 522 g/mol. The van der Waals surface area contributed by atoms with E-state index in [0.717, 1.165) is 0 Å². The highest BCUT2D eigenvalue weighted by Gasteiger charge is 2.23. The number of nitrogens with one attached hydrogen (secondary N) is 2. The third-order valence-electron chi connectivity index (χ3n) is 4.93. The van der Waals surface area contributed by atoms with Gasteiger partial charge in [-0.3, -0.25) is 0 Å². The molecule has 178 valence electrons. The topological polar surface area (TPSA) is 87.7 Å². The maximum Gasteiger partial charge on any atom is 0.340 e. The Morgan fingerprint density at radius 2 is 1.32 bits per heavy atom. The quantitative estimate of drug-likeness (QED) is 0.248. The molecule has 3 N–H and O–H groups in total. The van der Waals surface area contributed by atoms with E-state index in [4.69, 9.17) is 51.1 Å². The van der Waals surface area contributed by atoms with E-state index >= 15 is 0 Å². The first kappa shape index (κ1) is 26.0. The summed E-state index contributed by atoms with van der Waals surface area (Å²) >= 11 is 24.7. The molecule has 34 heavy (non-hydrogen) atoms. The largest absolute Gasteiger partial charge is 0.478 e. The summed E-state index contributed by atoms with van der Waals surface area (Å²) in [6.07, 6.45) is 0.249. The molecule has 0 aliphatic rings. The summed E-state index contributed by atoms with van der Waals surface area (Å²) in [6, 6.07) is 12.5. The maximum absolute atomic E-state index is 13.0. The normalized spacial score (nSPS) is 11.6. The highest BCUT2D eigenvalue weighted by atomic mass is 35.5. The molecule has 0 aromatic heterocycles. The van der Waals surface area contributed by atoms with Gasteiger partial charge >= 0.3 is 11.9 Å². The van der Waals surface area contributed by atoms with Crippen LogP contribution in [0.25, 0.3) is 0 Å². The summed E-state index contributed by atoms with van der Waals surface area (Å²) < 4.78 is 5.51. The Morgan fingerprint density at radius 3 is 1.79 bits per heavy atom. The number of esters is 1. The van der Waals surface area contributed by atoms with Crippen molar-refractivity contribution in [1.29, 1.82) is 0 Å². The van der Waals surface area contributed by atoms with Crippen molar-refractivity contribution < 1.29 is 19.4 Å². The molecule has 0 amide bonds. The van der Waals surface area contributed by atoms with Gasteiger partial charge in [0.1, 0.15) is 0 Å². The van der Waals surface area contributed by atoms with Crippen LogP contribution in [0, 0.1) is 0 Å². The standard InChI is InChI=1S/C24H20Cl4N2O4/c1-3-12(2)34-24(33)14-11-19(29-17-8-4-6-15(25)21(17)27)13(23(31)32)10-20(14)30-18-9-5-7-16(26)22(18)28/h4-12,29-30H,3H2,1-2H3,(H,31,32). The predicted molar refractivity (Wildman–Crippen MR) is 138 cm³/mol. The fourth-order valence-corrected chi connectivity index (χ4v) is 3.67. The lowest BCUT2D eigenvalue weighted by molar-refractivity contribution is 0.0335. The second-order valence-corrected chi connectivity index (χ2v) is 8.90. The van der Waals surface area contributed by atoms with Crippen LogP contribution in [-0.2, 0) is 4.74 Å². The average Bonchev–Trinajstić information content (AvgIpc) is 2.80. The number of aromatic carboxylic acids is 1. The lowest BCUT2D eigenvalue weighted by Gasteiger charge is -2.19. The molecule has 0 saturated carbocycles. The number of benzene rings is 3. The van der Waals surface area contributed by atoms with Crippen LogP contribution in [0.2, 0.25) is 20.1 Å². The highest BCUT2D eigenvalue weighted by molar-refractivity contribution is 6.44. The molecule has 0 radical (unpaired) electrons. The Kier molecular flexibility index (Phi) is 8.55. The fourth-order valence-electron chi connectivity index (χ4n) is 2.97. The van der Waals surface area contributed by atoms with Crippen LogP contribution in [0.4, 0.5) is 22.7 Å². The van der Waals surface area contributed by atoms with Gasteiger partial charge in [-0.05, 0) is 49.7 Å². The van der Waals surface area contributed by atoms with E-state index in [1.54, 1.807) is 43.3 Å². The minimum atomic E-state index is -1.23. The van der Waals surface area contributed by atoms with Gasteiger partial charge < -0.3 is 20.5 Å². The Hall–Kier alpha value is -2.64. The van der Waals surface area contributed by atoms with Crippen molar-refractivity contribution in [2.24, 2.45) is 0 Å². The lowest BCUT2D eigenvalue weighted by atomic mass is 10.0. The summed E-state index contributed by atoms with van der Waals surface area (Å²) in [6.45, 7) is 3.64. The van der Waals surface area contributed by atoms with Gasteiger partial charge in [0.05, 0.1) is 60.1 Å². The number of anilines is 4. The van der Waals surface area contributed by atoms with Crippen LogP contribution in [0.1, 0.15) is 41.0 Å². The first-order valence-electron chi connectivity index (χ1n) is 10.2. The number of rotatable bonds is 8. The second-order valence-electron chi connectivity index (χ2n) is 7.33. The molecule has 0 fully saturated rings. The van der Waals surface area contributed by atoms with Crippen molar-refractivity contribution in [1.82, 2.24) is 0 Å². The summed E-state index contributed by atoms with van der Waals surface area (Å²) in [5.41, 5.74) is 1.02. The number of ether oxygens (including phenoxy) is 1. The van der Waals surface area contributed by atoms with E-state index in [1.807, 2.05) is 6.92 Å². The number of carbonyl (C=O) groups excluding carboxylic acids is 1. The van der Waals surface area contributed by atoms with Crippen LogP contribution >= 0.6 is 46.4 Å². The molecule has 0 heterocycles. The molecule has 1 unspecified atom stereocenters. The molecule has 10 heteroatoms. The zero-order valence-electron chi connectivity index (χ0n) is 18.1. The van der Waals surface area contributed by atoms with Crippen LogP contribution in [0.15, 0.2) is 48.5 Å². The highest BCUT2D eigenvalue weighted by Crippen LogP contribution is 2.37. The Bertz CT molecular complexity index is 1250. The van der Waals surface area contributed by atoms with Gasteiger partial charge in [-0.1, -0.05) is 65.5 Å². The number of hydrogen-bond acceptors (Lipinski definition) is 5. The lowest BCUT2D eigenvalue weighted by Crippen LogP contribution is -2.17. The van der Waals surface area contributed by atoms with Gasteiger partial charge in [0, 0.05) is 0 Å². The van der Waals surface area contributed by atoms with Crippen molar-refractivity contribution in [2.75, 3.05) is 10.6 Å². The van der Waals surface area contributed by atoms with Crippen molar-refractivity contribution in [3.8, 4) is 0 Å². The number of carboxylic acids is 1. The smallest absolute Gasteiger partial charge is 0.340 e. The molecule has 3 aromatic carbocycles. The summed E-state index contributed by atoms with van der Waals surface area (Å²) in [5.74, 6) is -1.88. The van der Waals surface area contributed by atoms with Crippen molar-refractivity contribution in [3.05, 3.63) is 79.7 Å². The third-order valence-corrected chi connectivity index (χ3v) is 6.57. The molecule has 0 spiro atoms. The molecule has 0 bridgehead atoms. The SMILES string of the molecule is CCC(C)OC(=O)c1cc(Nc2cccc(Cl)c2Cl)c(C(=O)O)cc1Nc1cccc(Cl)c1Cl. The first-order valence-corrected chi connectivity index (χ1v) is 11.7. The molecule has 3 aromatic rings. The number of carbonyl (C=O) groups is 2. The molecule has 0 aliphatic carbocycles. The van der Waals surface area contributed by atoms with Crippen molar-refractivity contribution in [2.45, 2.75) is 26.4 Å². The zero-order chi connectivity index (χ0) is 25.0. The molecule has 0 saturated heterocycles. The minimum absolute atomic E-state index is 0.0852. The molecule has 3 rings (SSSR count). The maximum atomic E-state index is 13.0. The second kappa shape index (κ2) is 11.2. The Labute approximate surface area is 216 Å². The molecule has 0 aliphatic heterocycles. The summed E-state index contributed by atoms with van der Waals surface area (Å²) in [5, 5.41) is 16.8. The van der Waals surface area contributed by atoms with Gasteiger partial charge in [-0.2, -0.15) is 0 Å². The van der Waals surface area contributed by atoms with Gasteiger partial charge in [-0.15, -0.1) is 0 Å². The van der Waals surface area contributed by atoms with Gasteiger partial charge in [0.2, 0.25) is 0 Å². The van der Waals surface area contributed by atoms with E-state index in [-0.39, 0.29) is 43.7 Å². The molecular formula is C24H20Cl4N2O4. The predicted octanol–water partition coefficient (Wildman–Crippen LogP) is 8.44. The monoisotopic (exact) mass is 540 g/mol. The van der Waals surface area contributed by atoms with Crippen molar-refractivity contribution in [3.63, 3.8) is 0 Å². The summed E-state index contributed by atoms with van der Waals surface area (Å²) in [7, 11) is 0. The minimum Gasteiger partial charge on any atom is -0.478 e. The van der Waals surface area contributed by atoms with Gasteiger partial charge in [0.25, 0.3) is 0 Å². The number of hydrogen-bond donors (Lipinski definition) is 3. The van der Waals surface area contributed by atoms with Crippen molar-refractivity contribution >= 4 is 81.1 Å². The average molecular weight is 542 g/mol. The van der Waals surface area contributed by atoms with E-state index < -0.39 is 11.9 Å². The van der Waals surface area contributed by atoms with E-state index in [2.05, 4.69) is 10.6 Å². The van der Waals surface area contributed by atoms with Crippen LogP contribution in [0.5, 0.6) is 0 Å². The van der Waals surface area contributed by atoms with Gasteiger partial charge in [-0.25, -0.2) is 9.59 Å². The molecule has 6 nitrogen and oxygen atoms in total. The number of halogens is 4.